The van der Waals surface area contributed by atoms with Gasteiger partial charge in [-0.25, -0.2) is 9.59 Å². The van der Waals surface area contributed by atoms with Crippen molar-refractivity contribution < 1.29 is 19.1 Å². The van der Waals surface area contributed by atoms with Crippen molar-refractivity contribution in [2.24, 2.45) is 23.7 Å². The van der Waals surface area contributed by atoms with E-state index in [0.29, 0.717) is 40.1 Å². The van der Waals surface area contributed by atoms with Gasteiger partial charge in [-0.15, -0.1) is 0 Å². The highest BCUT2D eigenvalue weighted by Crippen LogP contribution is 2.58. The average molecular weight is 482 g/mol. The van der Waals surface area contributed by atoms with E-state index in [1.807, 2.05) is 48.5 Å². The molecule has 174 valence electrons. The third-order valence-electron chi connectivity index (χ3n) is 7.99. The number of rotatable bonds is 6. The smallest absolute Gasteiger partial charge is 0.338 e. The Morgan fingerprint density at radius 3 is 1.61 bits per heavy atom. The van der Waals surface area contributed by atoms with Crippen molar-refractivity contribution in [1.29, 1.82) is 0 Å². The quantitative estimate of drug-likeness (QED) is 0.440. The van der Waals surface area contributed by atoms with Gasteiger partial charge in [0.25, 0.3) is 0 Å². The topological polar surface area (TPSA) is 52.6 Å². The lowest BCUT2D eigenvalue weighted by Crippen LogP contribution is -2.45. The fraction of sp³-hybridized carbons (Fsp3) is 0.481. The van der Waals surface area contributed by atoms with Gasteiger partial charge in [0, 0.05) is 0 Å². The first-order valence-electron chi connectivity index (χ1n) is 12.0. The van der Waals surface area contributed by atoms with E-state index in [1.54, 1.807) is 0 Å². The Kier molecular flexibility index (Phi) is 6.86. The Hall–Kier alpha value is -1.76. The number of hydrogen-bond donors (Lipinski definition) is 0. The van der Waals surface area contributed by atoms with Crippen molar-refractivity contribution in [1.82, 2.24) is 0 Å². The molecule has 0 amide bonds. The monoisotopic (exact) mass is 482 g/mol. The zero-order valence-electron chi connectivity index (χ0n) is 19.3. The van der Waals surface area contributed by atoms with Crippen LogP contribution in [-0.2, 0) is 9.47 Å². The number of fused-ring (bicyclic) bond motifs is 5. The van der Waals surface area contributed by atoms with Crippen LogP contribution in [0.2, 0.25) is 0 Å². The van der Waals surface area contributed by atoms with Gasteiger partial charge in [0.05, 0.1) is 11.1 Å². The van der Waals surface area contributed by atoms with Crippen LogP contribution < -0.4 is 10.6 Å². The van der Waals surface area contributed by atoms with Gasteiger partial charge < -0.3 is 9.47 Å². The second-order valence-electron chi connectivity index (χ2n) is 9.68. The first kappa shape index (κ1) is 23.0. The van der Waals surface area contributed by atoms with Crippen LogP contribution in [0.5, 0.6) is 0 Å². The summed E-state index contributed by atoms with van der Waals surface area (Å²) in [6.07, 6.45) is 4.72. The molecule has 8 atom stereocenters. The fourth-order valence-corrected chi connectivity index (χ4v) is 7.49. The molecular formula is C27H32O4P2. The van der Waals surface area contributed by atoms with Crippen LogP contribution >= 0.6 is 17.2 Å². The molecule has 33 heavy (non-hydrogen) atoms. The summed E-state index contributed by atoms with van der Waals surface area (Å²) >= 11 is 0. The summed E-state index contributed by atoms with van der Waals surface area (Å²) in [7, 11) is 1.25. The molecule has 0 aromatic heterocycles. The largest absolute Gasteiger partial charge is 0.455 e. The molecular weight excluding hydrogens is 450 g/mol. The highest BCUT2D eigenvalue weighted by Gasteiger charge is 2.53. The first-order chi connectivity index (χ1) is 16.1. The first-order valence-corrected chi connectivity index (χ1v) is 15.0. The lowest BCUT2D eigenvalue weighted by Gasteiger charge is -2.42. The summed E-state index contributed by atoms with van der Waals surface area (Å²) in [5.74, 6) is 2.04. The molecule has 4 nitrogen and oxygen atoms in total. The second kappa shape index (κ2) is 9.85. The van der Waals surface area contributed by atoms with Crippen molar-refractivity contribution in [3.8, 4) is 0 Å². The summed E-state index contributed by atoms with van der Waals surface area (Å²) in [6, 6.07) is 15.4. The standard InChI is InChI=1S/C27H32O4P2/c1-32-20-7-3-5-18(12-20)26(28)30-24-14-22-16-9-10-17(11-16)23(22)15-25(24)31-27(29)19-6-4-8-21(13-19)33-2/h3-8,12-13,16-17,22-25,32-33H,9-11,14-15H2,1-2H3. The SMILES string of the molecule is CPc1cccc(C(=O)OC2CC3C4CCC(C4)C3CC2OC(=O)c2cccc(PC)c2)c1. The summed E-state index contributed by atoms with van der Waals surface area (Å²) in [6.45, 7) is 4.20. The molecule has 0 N–H and O–H groups in total. The molecule has 2 bridgehead atoms. The van der Waals surface area contributed by atoms with E-state index in [0.717, 1.165) is 35.3 Å². The Bertz CT molecular complexity index is 957. The van der Waals surface area contributed by atoms with E-state index in [9.17, 15) is 9.59 Å². The maximum Gasteiger partial charge on any atom is 0.338 e. The second-order valence-corrected chi connectivity index (χ2v) is 11.8. The average Bonchev–Trinajstić information content (AvgIpc) is 3.46. The van der Waals surface area contributed by atoms with Gasteiger partial charge in [0.1, 0.15) is 12.2 Å². The highest BCUT2D eigenvalue weighted by molar-refractivity contribution is 7.46. The minimum atomic E-state index is -0.383. The van der Waals surface area contributed by atoms with Gasteiger partial charge in [0.2, 0.25) is 0 Å². The van der Waals surface area contributed by atoms with Crippen molar-refractivity contribution in [2.75, 3.05) is 13.3 Å². The predicted molar refractivity (Wildman–Crippen MR) is 136 cm³/mol. The van der Waals surface area contributed by atoms with E-state index in [2.05, 4.69) is 13.3 Å². The van der Waals surface area contributed by atoms with Crippen molar-refractivity contribution in [2.45, 2.75) is 44.3 Å². The van der Waals surface area contributed by atoms with Crippen molar-refractivity contribution >= 4 is 39.7 Å². The molecule has 2 aromatic rings. The molecule has 0 saturated heterocycles. The summed E-state index contributed by atoms with van der Waals surface area (Å²) < 4.78 is 12.2. The summed E-state index contributed by atoms with van der Waals surface area (Å²) in [5.41, 5.74) is 1.16. The lowest BCUT2D eigenvalue weighted by molar-refractivity contribution is -0.0822. The molecule has 8 unspecified atom stereocenters. The van der Waals surface area contributed by atoms with Gasteiger partial charge >= 0.3 is 11.9 Å². The Morgan fingerprint density at radius 2 is 1.18 bits per heavy atom. The van der Waals surface area contributed by atoms with Crippen LogP contribution in [0, 0.1) is 23.7 Å². The third kappa shape index (κ3) is 4.75. The van der Waals surface area contributed by atoms with Crippen LogP contribution in [0.15, 0.2) is 48.5 Å². The van der Waals surface area contributed by atoms with Crippen LogP contribution in [0.25, 0.3) is 0 Å². The maximum atomic E-state index is 13.1. The van der Waals surface area contributed by atoms with Crippen LogP contribution in [-0.4, -0.2) is 37.5 Å². The predicted octanol–water partition coefficient (Wildman–Crippen LogP) is 4.76. The zero-order chi connectivity index (χ0) is 22.9. The van der Waals surface area contributed by atoms with E-state index in [1.165, 1.54) is 19.3 Å². The Morgan fingerprint density at radius 1 is 0.727 bits per heavy atom. The third-order valence-corrected chi connectivity index (χ3v) is 9.77. The highest BCUT2D eigenvalue weighted by atomic mass is 31.1. The normalized spacial score (nSPS) is 30.7. The molecule has 0 radical (unpaired) electrons. The molecule has 0 spiro atoms. The van der Waals surface area contributed by atoms with E-state index in [4.69, 9.17) is 9.47 Å². The maximum absolute atomic E-state index is 13.1. The van der Waals surface area contributed by atoms with Crippen molar-refractivity contribution in [3.63, 3.8) is 0 Å². The molecule has 3 fully saturated rings. The summed E-state index contributed by atoms with van der Waals surface area (Å²) in [5, 5.41) is 2.28. The molecule has 3 aliphatic carbocycles. The van der Waals surface area contributed by atoms with E-state index < -0.39 is 0 Å². The Balaban J connectivity index is 1.35. The number of ether oxygens (including phenoxy) is 2. The van der Waals surface area contributed by atoms with Crippen LogP contribution in [0.4, 0.5) is 0 Å². The van der Waals surface area contributed by atoms with Gasteiger partial charge in [-0.05, 0) is 104 Å². The van der Waals surface area contributed by atoms with Gasteiger partial charge in [-0.1, -0.05) is 41.4 Å². The number of esters is 2. The molecule has 3 aliphatic rings. The minimum absolute atomic E-state index is 0.308. The minimum Gasteiger partial charge on any atom is -0.455 e. The number of carbonyl (C=O) groups excluding carboxylic acids is 2. The van der Waals surface area contributed by atoms with Crippen LogP contribution in [0.1, 0.15) is 52.8 Å². The molecule has 0 heterocycles. The number of benzene rings is 2. The van der Waals surface area contributed by atoms with Gasteiger partial charge in [-0.3, -0.25) is 0 Å². The lowest BCUT2D eigenvalue weighted by atomic mass is 9.69. The van der Waals surface area contributed by atoms with E-state index >= 15 is 0 Å². The molecule has 0 aliphatic heterocycles. The van der Waals surface area contributed by atoms with Gasteiger partial charge in [0.15, 0.2) is 0 Å². The Labute approximate surface area is 199 Å². The molecule has 5 rings (SSSR count). The number of carbonyl (C=O) groups is 2. The van der Waals surface area contributed by atoms with Crippen LogP contribution in [0.3, 0.4) is 0 Å². The molecule has 3 saturated carbocycles. The summed E-state index contributed by atoms with van der Waals surface area (Å²) in [4.78, 5) is 26.1. The fourth-order valence-electron chi connectivity index (χ4n) is 6.37. The molecule has 6 heteroatoms. The van der Waals surface area contributed by atoms with Crippen molar-refractivity contribution in [3.05, 3.63) is 59.7 Å². The molecule has 2 aromatic carbocycles. The van der Waals surface area contributed by atoms with E-state index in [-0.39, 0.29) is 24.1 Å². The number of hydrogen-bond acceptors (Lipinski definition) is 4. The van der Waals surface area contributed by atoms with Gasteiger partial charge in [-0.2, -0.15) is 0 Å². The zero-order valence-corrected chi connectivity index (χ0v) is 21.3.